The van der Waals surface area contributed by atoms with E-state index in [1.807, 2.05) is 13.8 Å². The molecule has 0 aromatic carbocycles. The van der Waals surface area contributed by atoms with Crippen LogP contribution in [0.25, 0.3) is 0 Å². The lowest BCUT2D eigenvalue weighted by Crippen LogP contribution is -2.38. The molecule has 92 valence electrons. The van der Waals surface area contributed by atoms with Gasteiger partial charge in [0.25, 0.3) is 0 Å². The van der Waals surface area contributed by atoms with Crippen LogP contribution >= 0.6 is 0 Å². The van der Waals surface area contributed by atoms with Crippen molar-refractivity contribution in [2.75, 3.05) is 6.54 Å². The molecule has 0 aromatic rings. The second kappa shape index (κ2) is 4.95. The number of hydrogen-bond donors (Lipinski definition) is 1. The lowest BCUT2D eigenvalue weighted by Gasteiger charge is -2.20. The van der Waals surface area contributed by atoms with Crippen LogP contribution in [0, 0.1) is 17.8 Å². The van der Waals surface area contributed by atoms with Gasteiger partial charge >= 0.3 is 0 Å². The van der Waals surface area contributed by atoms with Gasteiger partial charge in [0.2, 0.25) is 11.8 Å². The fourth-order valence-electron chi connectivity index (χ4n) is 2.04. The Balaban J connectivity index is 2.61. The van der Waals surface area contributed by atoms with Crippen molar-refractivity contribution >= 4 is 11.8 Å². The Bertz CT molecular complexity index is 268. The number of hydrogen-bond acceptors (Lipinski definition) is 3. The quantitative estimate of drug-likeness (QED) is 0.730. The molecule has 0 aliphatic carbocycles. The monoisotopic (exact) mass is 227 g/mol. The van der Waals surface area contributed by atoms with Gasteiger partial charge in [0.15, 0.2) is 0 Å². The van der Waals surface area contributed by atoms with Crippen LogP contribution < -0.4 is 0 Å². The maximum absolute atomic E-state index is 11.7. The van der Waals surface area contributed by atoms with Crippen molar-refractivity contribution in [2.24, 2.45) is 17.8 Å². The summed E-state index contributed by atoms with van der Waals surface area (Å²) >= 11 is 0. The zero-order chi connectivity index (χ0) is 12.5. The maximum Gasteiger partial charge on any atom is 0.232 e. The molecule has 1 fully saturated rings. The first-order chi connectivity index (χ1) is 7.34. The van der Waals surface area contributed by atoms with E-state index >= 15 is 0 Å². The average Bonchev–Trinajstić information content (AvgIpc) is 2.34. The Hall–Kier alpha value is -0.900. The molecule has 3 unspecified atom stereocenters. The van der Waals surface area contributed by atoms with E-state index in [0.29, 0.717) is 12.3 Å². The molecular formula is C12H21NO3. The van der Waals surface area contributed by atoms with Gasteiger partial charge in [-0.3, -0.25) is 14.5 Å². The van der Waals surface area contributed by atoms with Crippen LogP contribution in [0.2, 0.25) is 0 Å². The molecule has 1 aliphatic heterocycles. The van der Waals surface area contributed by atoms with Crippen molar-refractivity contribution in [1.82, 2.24) is 4.90 Å². The molecule has 1 N–H and O–H groups in total. The molecular weight excluding hydrogens is 206 g/mol. The van der Waals surface area contributed by atoms with Crippen molar-refractivity contribution in [1.29, 1.82) is 0 Å². The maximum atomic E-state index is 11.7. The predicted molar refractivity (Wildman–Crippen MR) is 60.5 cm³/mol. The molecule has 0 bridgehead atoms. The third-order valence-corrected chi connectivity index (χ3v) is 3.20. The molecule has 0 spiro atoms. The van der Waals surface area contributed by atoms with Crippen molar-refractivity contribution in [3.8, 4) is 0 Å². The number of β-amino-alcohol motifs (C(OH)–C–C–N with tert-alkyl or cyclic N) is 1. The number of nitrogens with zero attached hydrogens (tertiary/aromatic N) is 1. The SMILES string of the molecule is CC(C)CC(O)CN1C(=O)C(C)C(C)C1=O. The summed E-state index contributed by atoms with van der Waals surface area (Å²) < 4.78 is 0. The van der Waals surface area contributed by atoms with E-state index in [9.17, 15) is 14.7 Å². The highest BCUT2D eigenvalue weighted by atomic mass is 16.3. The summed E-state index contributed by atoms with van der Waals surface area (Å²) in [6.45, 7) is 7.67. The minimum atomic E-state index is -0.606. The first-order valence-electron chi connectivity index (χ1n) is 5.87. The van der Waals surface area contributed by atoms with Crippen LogP contribution in [0.4, 0.5) is 0 Å². The number of likely N-dealkylation sites (tertiary alicyclic amines) is 1. The highest BCUT2D eigenvalue weighted by Gasteiger charge is 2.42. The Morgan fingerprint density at radius 2 is 1.62 bits per heavy atom. The molecule has 16 heavy (non-hydrogen) atoms. The van der Waals surface area contributed by atoms with E-state index < -0.39 is 6.10 Å². The van der Waals surface area contributed by atoms with Crippen LogP contribution in [-0.4, -0.2) is 34.5 Å². The van der Waals surface area contributed by atoms with E-state index in [4.69, 9.17) is 0 Å². The normalized spacial score (nSPS) is 28.0. The summed E-state index contributed by atoms with van der Waals surface area (Å²) in [6.07, 6.45) is 0.00482. The van der Waals surface area contributed by atoms with Crippen molar-refractivity contribution in [3.05, 3.63) is 0 Å². The van der Waals surface area contributed by atoms with E-state index in [1.54, 1.807) is 13.8 Å². The molecule has 1 saturated heterocycles. The van der Waals surface area contributed by atoms with Gasteiger partial charge in [-0.2, -0.15) is 0 Å². The zero-order valence-electron chi connectivity index (χ0n) is 10.4. The number of aliphatic hydroxyl groups excluding tert-OH is 1. The van der Waals surface area contributed by atoms with Crippen LogP contribution in [0.1, 0.15) is 34.1 Å². The van der Waals surface area contributed by atoms with Gasteiger partial charge < -0.3 is 5.11 Å². The van der Waals surface area contributed by atoms with Crippen molar-refractivity contribution in [3.63, 3.8) is 0 Å². The second-order valence-corrected chi connectivity index (χ2v) is 5.15. The molecule has 1 aliphatic rings. The highest BCUT2D eigenvalue weighted by molar-refractivity contribution is 6.04. The Labute approximate surface area is 96.6 Å². The minimum absolute atomic E-state index is 0.143. The number of carbonyl (C=O) groups is 2. The van der Waals surface area contributed by atoms with Gasteiger partial charge in [-0.25, -0.2) is 0 Å². The standard InChI is InChI=1S/C12H21NO3/c1-7(2)5-10(14)6-13-11(15)8(3)9(4)12(13)16/h7-10,14H,5-6H2,1-4H3. The lowest BCUT2D eigenvalue weighted by atomic mass is 10.00. The van der Waals surface area contributed by atoms with Gasteiger partial charge in [0, 0.05) is 11.8 Å². The molecule has 0 saturated carbocycles. The van der Waals surface area contributed by atoms with Gasteiger partial charge in [-0.05, 0) is 12.3 Å². The predicted octanol–water partition coefficient (Wildman–Crippen LogP) is 1.03. The summed E-state index contributed by atoms with van der Waals surface area (Å²) in [5.74, 6) is -0.448. The van der Waals surface area contributed by atoms with E-state index in [-0.39, 0.29) is 30.2 Å². The molecule has 4 heteroatoms. The van der Waals surface area contributed by atoms with E-state index in [1.165, 1.54) is 4.90 Å². The van der Waals surface area contributed by atoms with Crippen LogP contribution in [-0.2, 0) is 9.59 Å². The van der Waals surface area contributed by atoms with E-state index in [2.05, 4.69) is 0 Å². The largest absolute Gasteiger partial charge is 0.391 e. The second-order valence-electron chi connectivity index (χ2n) is 5.15. The van der Waals surface area contributed by atoms with Gasteiger partial charge in [-0.15, -0.1) is 0 Å². The number of amides is 2. The van der Waals surface area contributed by atoms with Gasteiger partial charge in [0.1, 0.15) is 0 Å². The summed E-state index contributed by atoms with van der Waals surface area (Å²) in [7, 11) is 0. The topological polar surface area (TPSA) is 57.6 Å². The van der Waals surface area contributed by atoms with Crippen LogP contribution in [0.5, 0.6) is 0 Å². The first-order valence-corrected chi connectivity index (χ1v) is 5.87. The third-order valence-electron chi connectivity index (χ3n) is 3.20. The third kappa shape index (κ3) is 2.61. The fraction of sp³-hybridized carbons (Fsp3) is 0.833. The van der Waals surface area contributed by atoms with E-state index in [0.717, 1.165) is 0 Å². The molecule has 3 atom stereocenters. The molecule has 4 nitrogen and oxygen atoms in total. The Morgan fingerprint density at radius 3 is 2.00 bits per heavy atom. The summed E-state index contributed by atoms with van der Waals surface area (Å²) in [6, 6.07) is 0. The first kappa shape index (κ1) is 13.2. The zero-order valence-corrected chi connectivity index (χ0v) is 10.4. The van der Waals surface area contributed by atoms with Gasteiger partial charge in [0.05, 0.1) is 12.6 Å². The number of rotatable bonds is 4. The fourth-order valence-corrected chi connectivity index (χ4v) is 2.04. The lowest BCUT2D eigenvalue weighted by molar-refractivity contribution is -0.141. The number of carbonyl (C=O) groups excluding carboxylic acids is 2. The summed E-state index contributed by atoms with van der Waals surface area (Å²) in [5.41, 5.74) is 0. The minimum Gasteiger partial charge on any atom is -0.391 e. The smallest absolute Gasteiger partial charge is 0.232 e. The average molecular weight is 227 g/mol. The van der Waals surface area contributed by atoms with Gasteiger partial charge in [-0.1, -0.05) is 27.7 Å². The molecule has 1 rings (SSSR count). The van der Waals surface area contributed by atoms with Crippen LogP contribution in [0.3, 0.4) is 0 Å². The Morgan fingerprint density at radius 1 is 1.19 bits per heavy atom. The molecule has 2 amide bonds. The van der Waals surface area contributed by atoms with Crippen molar-refractivity contribution in [2.45, 2.75) is 40.2 Å². The summed E-state index contributed by atoms with van der Waals surface area (Å²) in [4.78, 5) is 24.7. The molecule has 1 heterocycles. The summed E-state index contributed by atoms with van der Waals surface area (Å²) in [5, 5.41) is 9.74. The molecule has 0 aromatic heterocycles. The number of imide groups is 1. The Kier molecular flexibility index (Phi) is 4.08. The van der Waals surface area contributed by atoms with Crippen molar-refractivity contribution < 1.29 is 14.7 Å². The van der Waals surface area contributed by atoms with Crippen LogP contribution in [0.15, 0.2) is 0 Å². The molecule has 0 radical (unpaired) electrons. The number of aliphatic hydroxyl groups is 1. The highest BCUT2D eigenvalue weighted by Crippen LogP contribution is 2.25.